The van der Waals surface area contributed by atoms with E-state index in [0.29, 0.717) is 12.2 Å². The van der Waals surface area contributed by atoms with Gasteiger partial charge in [0, 0.05) is 48.9 Å². The smallest absolute Gasteiger partial charge is 0.268 e. The van der Waals surface area contributed by atoms with Crippen molar-refractivity contribution in [3.8, 4) is 0 Å². The van der Waals surface area contributed by atoms with Crippen molar-refractivity contribution >= 4 is 28.8 Å². The fourth-order valence-corrected chi connectivity index (χ4v) is 5.20. The van der Waals surface area contributed by atoms with Gasteiger partial charge in [-0.15, -0.1) is 0 Å². The highest BCUT2D eigenvalue weighted by atomic mass is 32.2. The zero-order chi connectivity index (χ0) is 20.4. The van der Waals surface area contributed by atoms with Crippen LogP contribution in [0.2, 0.25) is 0 Å². The normalized spacial score (nSPS) is 17.6. The van der Waals surface area contributed by atoms with Crippen LogP contribution in [0.1, 0.15) is 41.5 Å². The number of carbonyl (C=O) groups excluding carboxylic acids is 1. The summed E-state index contributed by atoms with van der Waals surface area (Å²) in [4.78, 5) is 18.5. The monoisotopic (exact) mass is 408 g/mol. The fourth-order valence-electron chi connectivity index (χ4n) is 3.94. The summed E-state index contributed by atoms with van der Waals surface area (Å²) in [6.07, 6.45) is 4.34. The molecule has 2 aromatic heterocycles. The van der Waals surface area contributed by atoms with Gasteiger partial charge in [-0.2, -0.15) is 0 Å². The Balaban J connectivity index is 1.47. The van der Waals surface area contributed by atoms with Crippen molar-refractivity contribution in [2.75, 3.05) is 13.1 Å². The first kappa shape index (κ1) is 20.0. The summed E-state index contributed by atoms with van der Waals surface area (Å²) >= 11 is 1.79. The standard InChI is InChI=1S/C23H28N4OS/c1-16-7-6-12-27(15-16)29-22-13-21(26(3)17(22)2)23(28)25-14-18-8-4-10-20-19(18)9-5-11-24-20/h4-5,8-11,13,16H,6-7,12,14-15H2,1-3H3,(H,25,28). The summed E-state index contributed by atoms with van der Waals surface area (Å²) in [5.41, 5.74) is 3.86. The number of nitrogens with zero attached hydrogens (tertiary/aromatic N) is 3. The summed E-state index contributed by atoms with van der Waals surface area (Å²) in [7, 11) is 1.97. The molecule has 1 aromatic carbocycles. The lowest BCUT2D eigenvalue weighted by molar-refractivity contribution is 0.0942. The van der Waals surface area contributed by atoms with Gasteiger partial charge in [-0.3, -0.25) is 9.78 Å². The Morgan fingerprint density at radius 3 is 3.00 bits per heavy atom. The van der Waals surface area contributed by atoms with Crippen LogP contribution in [-0.2, 0) is 13.6 Å². The lowest BCUT2D eigenvalue weighted by Gasteiger charge is -2.29. The number of aromatic nitrogens is 2. The van der Waals surface area contributed by atoms with E-state index in [9.17, 15) is 4.79 Å². The first-order chi connectivity index (χ1) is 14.0. The Morgan fingerprint density at radius 1 is 1.31 bits per heavy atom. The molecule has 0 aliphatic carbocycles. The molecule has 6 heteroatoms. The van der Waals surface area contributed by atoms with Crippen molar-refractivity contribution < 1.29 is 4.79 Å². The van der Waals surface area contributed by atoms with Gasteiger partial charge in [-0.05, 0) is 61.4 Å². The van der Waals surface area contributed by atoms with Gasteiger partial charge < -0.3 is 9.88 Å². The molecule has 1 aliphatic rings. The molecule has 1 N–H and O–H groups in total. The maximum Gasteiger partial charge on any atom is 0.268 e. The molecular weight excluding hydrogens is 380 g/mol. The molecule has 152 valence electrons. The Bertz CT molecular complexity index is 1020. The highest BCUT2D eigenvalue weighted by Crippen LogP contribution is 2.32. The lowest BCUT2D eigenvalue weighted by atomic mass is 10.0. The van der Waals surface area contributed by atoms with Crippen molar-refractivity contribution in [1.29, 1.82) is 0 Å². The first-order valence-electron chi connectivity index (χ1n) is 10.2. The van der Waals surface area contributed by atoms with Crippen molar-refractivity contribution in [3.63, 3.8) is 0 Å². The van der Waals surface area contributed by atoms with Crippen LogP contribution in [0.25, 0.3) is 10.9 Å². The summed E-state index contributed by atoms with van der Waals surface area (Å²) < 4.78 is 4.43. The molecule has 3 aromatic rings. The second-order valence-corrected chi connectivity index (χ2v) is 9.07. The molecule has 0 saturated carbocycles. The van der Waals surface area contributed by atoms with Crippen LogP contribution in [0.3, 0.4) is 0 Å². The van der Waals surface area contributed by atoms with Crippen LogP contribution in [0.5, 0.6) is 0 Å². The average molecular weight is 409 g/mol. The van der Waals surface area contributed by atoms with E-state index in [1.807, 2.05) is 48.0 Å². The third-order valence-electron chi connectivity index (χ3n) is 5.74. The molecule has 5 nitrogen and oxygen atoms in total. The number of hydrogen-bond acceptors (Lipinski definition) is 4. The van der Waals surface area contributed by atoms with Gasteiger partial charge in [0.25, 0.3) is 5.91 Å². The summed E-state index contributed by atoms with van der Waals surface area (Å²) in [5, 5.41) is 4.17. The molecule has 29 heavy (non-hydrogen) atoms. The second kappa shape index (κ2) is 8.59. The Labute approximate surface area is 176 Å². The van der Waals surface area contributed by atoms with Crippen molar-refractivity contribution in [2.45, 2.75) is 38.1 Å². The van der Waals surface area contributed by atoms with Gasteiger partial charge in [0.05, 0.1) is 5.52 Å². The number of hydrogen-bond donors (Lipinski definition) is 1. The zero-order valence-electron chi connectivity index (χ0n) is 17.3. The summed E-state index contributed by atoms with van der Waals surface area (Å²) in [6, 6.07) is 12.0. The largest absolute Gasteiger partial charge is 0.347 e. The van der Waals surface area contributed by atoms with E-state index >= 15 is 0 Å². The minimum Gasteiger partial charge on any atom is -0.347 e. The predicted octanol–water partition coefficient (Wildman–Crippen LogP) is 4.55. The molecule has 1 saturated heterocycles. The Morgan fingerprint density at radius 2 is 2.17 bits per heavy atom. The third kappa shape index (κ3) is 4.33. The minimum atomic E-state index is -0.0460. The van der Waals surface area contributed by atoms with E-state index in [0.717, 1.165) is 41.2 Å². The van der Waals surface area contributed by atoms with Crippen LogP contribution in [0.15, 0.2) is 47.5 Å². The van der Waals surface area contributed by atoms with Gasteiger partial charge in [0.1, 0.15) is 5.69 Å². The number of pyridine rings is 1. The molecular formula is C23H28N4OS. The number of piperidine rings is 1. The molecule has 3 heterocycles. The molecule has 1 atom stereocenters. The Kier molecular flexibility index (Phi) is 5.92. The lowest BCUT2D eigenvalue weighted by Crippen LogP contribution is -2.28. The number of carbonyl (C=O) groups is 1. The van der Waals surface area contributed by atoms with Crippen LogP contribution in [0.4, 0.5) is 0 Å². The SMILES string of the molecule is Cc1c(SN2CCCC(C)C2)cc(C(=O)NCc2cccc3ncccc23)n1C. The van der Waals surface area contributed by atoms with E-state index < -0.39 is 0 Å². The van der Waals surface area contributed by atoms with Crippen molar-refractivity contribution in [2.24, 2.45) is 13.0 Å². The molecule has 0 spiro atoms. The molecule has 1 aliphatic heterocycles. The summed E-state index contributed by atoms with van der Waals surface area (Å²) in [5.74, 6) is 0.688. The zero-order valence-corrected chi connectivity index (χ0v) is 18.1. The molecule has 1 amide bonds. The number of nitrogens with one attached hydrogen (secondary N) is 1. The van der Waals surface area contributed by atoms with Gasteiger partial charge >= 0.3 is 0 Å². The summed E-state index contributed by atoms with van der Waals surface area (Å²) in [6.45, 7) is 7.10. The number of benzene rings is 1. The van der Waals surface area contributed by atoms with Crippen LogP contribution < -0.4 is 5.32 Å². The number of rotatable bonds is 5. The second-order valence-electron chi connectivity index (χ2n) is 7.93. The maximum absolute atomic E-state index is 12.9. The van der Waals surface area contributed by atoms with E-state index in [2.05, 4.69) is 28.5 Å². The highest BCUT2D eigenvalue weighted by Gasteiger charge is 2.21. The van der Waals surface area contributed by atoms with Crippen molar-refractivity contribution in [1.82, 2.24) is 19.2 Å². The molecule has 0 bridgehead atoms. The molecule has 1 unspecified atom stereocenters. The van der Waals surface area contributed by atoms with Crippen LogP contribution >= 0.6 is 11.9 Å². The minimum absolute atomic E-state index is 0.0460. The third-order valence-corrected chi connectivity index (χ3v) is 6.94. The van der Waals surface area contributed by atoms with E-state index in [-0.39, 0.29) is 5.91 Å². The average Bonchev–Trinajstić information content (AvgIpc) is 3.00. The van der Waals surface area contributed by atoms with Crippen LogP contribution in [0, 0.1) is 12.8 Å². The van der Waals surface area contributed by atoms with E-state index in [1.54, 1.807) is 18.1 Å². The van der Waals surface area contributed by atoms with Gasteiger partial charge in [-0.25, -0.2) is 4.31 Å². The Hall–Kier alpha value is -2.31. The van der Waals surface area contributed by atoms with Crippen LogP contribution in [-0.4, -0.2) is 32.9 Å². The van der Waals surface area contributed by atoms with E-state index in [4.69, 9.17) is 0 Å². The maximum atomic E-state index is 12.9. The van der Waals surface area contributed by atoms with Crippen molar-refractivity contribution in [3.05, 3.63) is 59.5 Å². The fraction of sp³-hybridized carbons (Fsp3) is 0.391. The van der Waals surface area contributed by atoms with Gasteiger partial charge in [0.15, 0.2) is 0 Å². The van der Waals surface area contributed by atoms with E-state index in [1.165, 1.54) is 17.7 Å². The molecule has 0 radical (unpaired) electrons. The van der Waals surface area contributed by atoms with Gasteiger partial charge in [-0.1, -0.05) is 25.1 Å². The molecule has 4 rings (SSSR count). The number of amides is 1. The quantitative estimate of drug-likeness (QED) is 0.629. The highest BCUT2D eigenvalue weighted by molar-refractivity contribution is 7.97. The predicted molar refractivity (Wildman–Crippen MR) is 119 cm³/mol. The first-order valence-corrected chi connectivity index (χ1v) is 11.0. The van der Waals surface area contributed by atoms with Gasteiger partial charge in [0.2, 0.25) is 0 Å². The number of fused-ring (bicyclic) bond motifs is 1. The topological polar surface area (TPSA) is 50.2 Å². The molecule has 1 fully saturated rings.